The Hall–Kier alpha value is -3.07. The summed E-state index contributed by atoms with van der Waals surface area (Å²) in [6, 6.07) is 9.02. The van der Waals surface area contributed by atoms with E-state index in [0.29, 0.717) is 36.1 Å². The topological polar surface area (TPSA) is 101 Å². The molecule has 0 aliphatic carbocycles. The van der Waals surface area contributed by atoms with Crippen LogP contribution in [0.1, 0.15) is 41.9 Å². The van der Waals surface area contributed by atoms with Gasteiger partial charge in [-0.05, 0) is 59.1 Å². The molecule has 2 amide bonds. The second-order valence-corrected chi connectivity index (χ2v) is 8.11. The number of hydrogen-bond acceptors (Lipinski definition) is 6. The van der Waals surface area contributed by atoms with Crippen LogP contribution in [-0.2, 0) is 4.79 Å². The Morgan fingerprint density at radius 3 is 2.77 bits per heavy atom. The molecule has 0 bridgehead atoms. The van der Waals surface area contributed by atoms with Gasteiger partial charge in [0.15, 0.2) is 0 Å². The van der Waals surface area contributed by atoms with Crippen LogP contribution in [0.3, 0.4) is 0 Å². The van der Waals surface area contributed by atoms with Crippen LogP contribution in [0.15, 0.2) is 51.7 Å². The van der Waals surface area contributed by atoms with Crippen LogP contribution in [-0.4, -0.2) is 44.9 Å². The summed E-state index contributed by atoms with van der Waals surface area (Å²) in [5, 5.41) is 6.82. The van der Waals surface area contributed by atoms with Gasteiger partial charge in [-0.25, -0.2) is 0 Å². The van der Waals surface area contributed by atoms with E-state index in [-0.39, 0.29) is 17.7 Å². The minimum atomic E-state index is -0.125. The van der Waals surface area contributed by atoms with E-state index < -0.39 is 0 Å². The smallest absolute Gasteiger partial charge is 0.255 e. The van der Waals surface area contributed by atoms with Crippen LogP contribution in [0.4, 0.5) is 5.69 Å². The molecule has 1 aliphatic heterocycles. The molecular formula is C21H20BrN5O3. The van der Waals surface area contributed by atoms with Crippen LogP contribution in [0, 0.1) is 0 Å². The van der Waals surface area contributed by atoms with E-state index in [1.165, 1.54) is 6.92 Å². The van der Waals surface area contributed by atoms with Gasteiger partial charge in [-0.3, -0.25) is 14.6 Å². The van der Waals surface area contributed by atoms with E-state index in [4.69, 9.17) is 4.52 Å². The average molecular weight is 470 g/mol. The third-order valence-electron chi connectivity index (χ3n) is 4.91. The number of carbonyl (C=O) groups excluding carboxylic acids is 2. The van der Waals surface area contributed by atoms with E-state index in [1.54, 1.807) is 30.6 Å². The molecule has 2 aromatic heterocycles. The second kappa shape index (κ2) is 8.74. The molecule has 4 rings (SSSR count). The number of likely N-dealkylation sites (tertiary alicyclic amines) is 1. The summed E-state index contributed by atoms with van der Waals surface area (Å²) in [6.07, 6.45) is 4.97. The lowest BCUT2D eigenvalue weighted by atomic mass is 9.97. The van der Waals surface area contributed by atoms with Gasteiger partial charge in [0.1, 0.15) is 0 Å². The first kappa shape index (κ1) is 20.2. The highest BCUT2D eigenvalue weighted by atomic mass is 79.9. The Labute approximate surface area is 181 Å². The van der Waals surface area contributed by atoms with E-state index in [1.807, 2.05) is 17.0 Å². The first-order valence-electron chi connectivity index (χ1n) is 9.61. The highest BCUT2D eigenvalue weighted by Crippen LogP contribution is 2.29. The Morgan fingerprint density at radius 2 is 2.03 bits per heavy atom. The number of nitrogens with zero attached hydrogens (tertiary/aromatic N) is 4. The summed E-state index contributed by atoms with van der Waals surface area (Å²) in [6.45, 7) is 2.67. The number of halogens is 1. The molecular weight excluding hydrogens is 450 g/mol. The number of anilines is 1. The molecule has 1 saturated heterocycles. The Morgan fingerprint density at radius 1 is 1.23 bits per heavy atom. The third-order valence-corrected chi connectivity index (χ3v) is 5.35. The fourth-order valence-electron chi connectivity index (χ4n) is 3.50. The Balaban J connectivity index is 1.46. The monoisotopic (exact) mass is 469 g/mol. The van der Waals surface area contributed by atoms with Crippen molar-refractivity contribution >= 4 is 33.4 Å². The van der Waals surface area contributed by atoms with E-state index in [9.17, 15) is 9.59 Å². The number of piperidine rings is 1. The van der Waals surface area contributed by atoms with Crippen molar-refractivity contribution in [2.24, 2.45) is 0 Å². The van der Waals surface area contributed by atoms with Crippen molar-refractivity contribution in [1.29, 1.82) is 0 Å². The lowest BCUT2D eigenvalue weighted by Gasteiger charge is -2.31. The number of nitrogens with one attached hydrogen (secondary N) is 1. The van der Waals surface area contributed by atoms with E-state index in [2.05, 4.69) is 36.4 Å². The largest absolute Gasteiger partial charge is 0.339 e. The lowest BCUT2D eigenvalue weighted by molar-refractivity contribution is -0.114. The lowest BCUT2D eigenvalue weighted by Crippen LogP contribution is -2.39. The average Bonchev–Trinajstić information content (AvgIpc) is 3.24. The molecule has 0 saturated carbocycles. The third kappa shape index (κ3) is 4.56. The number of carbonyl (C=O) groups is 2. The normalized spacial score (nSPS) is 16.3. The number of amides is 2. The number of aromatic nitrogens is 3. The first-order valence-corrected chi connectivity index (χ1v) is 10.4. The summed E-state index contributed by atoms with van der Waals surface area (Å²) in [5.74, 6) is 0.823. The van der Waals surface area contributed by atoms with Crippen molar-refractivity contribution in [3.05, 3.63) is 58.7 Å². The summed E-state index contributed by atoms with van der Waals surface area (Å²) in [5.41, 5.74) is 2.05. The highest BCUT2D eigenvalue weighted by molar-refractivity contribution is 9.10. The zero-order chi connectivity index (χ0) is 21.1. The van der Waals surface area contributed by atoms with E-state index in [0.717, 1.165) is 22.9 Å². The minimum Gasteiger partial charge on any atom is -0.339 e. The molecule has 30 heavy (non-hydrogen) atoms. The molecule has 3 heterocycles. The van der Waals surface area contributed by atoms with Crippen molar-refractivity contribution < 1.29 is 14.1 Å². The van der Waals surface area contributed by atoms with Crippen LogP contribution in [0.2, 0.25) is 0 Å². The predicted octanol–water partition coefficient (Wildman–Crippen LogP) is 3.87. The molecule has 0 radical (unpaired) electrons. The highest BCUT2D eigenvalue weighted by Gasteiger charge is 2.29. The summed E-state index contributed by atoms with van der Waals surface area (Å²) in [4.78, 5) is 34.4. The fraction of sp³-hybridized carbons (Fsp3) is 0.286. The van der Waals surface area contributed by atoms with Crippen LogP contribution in [0.25, 0.3) is 11.4 Å². The maximum atomic E-state index is 12.8. The second-order valence-electron chi connectivity index (χ2n) is 7.20. The first-order chi connectivity index (χ1) is 14.5. The van der Waals surface area contributed by atoms with Crippen molar-refractivity contribution in [3.63, 3.8) is 0 Å². The zero-order valence-corrected chi connectivity index (χ0v) is 17.9. The van der Waals surface area contributed by atoms with Crippen molar-refractivity contribution in [2.75, 3.05) is 18.4 Å². The van der Waals surface area contributed by atoms with E-state index >= 15 is 0 Å². The molecule has 1 aromatic carbocycles. The van der Waals surface area contributed by atoms with Gasteiger partial charge in [0.25, 0.3) is 5.91 Å². The quantitative estimate of drug-likeness (QED) is 0.621. The molecule has 8 nitrogen and oxygen atoms in total. The molecule has 9 heteroatoms. The number of benzene rings is 1. The van der Waals surface area contributed by atoms with Gasteiger partial charge < -0.3 is 14.7 Å². The van der Waals surface area contributed by atoms with Crippen LogP contribution in [0.5, 0.6) is 0 Å². The molecule has 0 unspecified atom stereocenters. The molecule has 0 spiro atoms. The maximum absolute atomic E-state index is 12.8. The Kier molecular flexibility index (Phi) is 5.89. The van der Waals surface area contributed by atoms with Crippen LogP contribution < -0.4 is 5.32 Å². The zero-order valence-electron chi connectivity index (χ0n) is 16.3. The van der Waals surface area contributed by atoms with Gasteiger partial charge in [0.05, 0.1) is 11.5 Å². The maximum Gasteiger partial charge on any atom is 0.255 e. The van der Waals surface area contributed by atoms with Gasteiger partial charge in [-0.2, -0.15) is 4.98 Å². The fourth-order valence-corrected chi connectivity index (χ4v) is 3.86. The van der Waals surface area contributed by atoms with Gasteiger partial charge in [0, 0.05) is 48.1 Å². The summed E-state index contributed by atoms with van der Waals surface area (Å²) < 4.78 is 6.29. The molecule has 1 aliphatic rings. The van der Waals surface area contributed by atoms with Gasteiger partial charge >= 0.3 is 0 Å². The van der Waals surface area contributed by atoms with Gasteiger partial charge in [0.2, 0.25) is 17.6 Å². The standard InChI is InChI=1S/C21H20BrN5O3/c1-13(28)24-18-6-4-14(5-7-18)19-25-20(30-26-19)15-3-2-8-27(12-15)21(29)16-9-17(22)11-23-10-16/h4-7,9-11,15H,2-3,8,12H2,1H3,(H,24,28)/t15-/m1/s1. The summed E-state index contributed by atoms with van der Waals surface area (Å²) >= 11 is 3.36. The predicted molar refractivity (Wildman–Crippen MR) is 114 cm³/mol. The molecule has 1 atom stereocenters. The van der Waals surface area contributed by atoms with Gasteiger partial charge in [-0.15, -0.1) is 0 Å². The van der Waals surface area contributed by atoms with Crippen LogP contribution >= 0.6 is 15.9 Å². The summed E-state index contributed by atoms with van der Waals surface area (Å²) in [7, 11) is 0. The molecule has 154 valence electrons. The number of rotatable bonds is 4. The minimum absolute atomic E-state index is 0.0114. The number of hydrogen-bond donors (Lipinski definition) is 1. The van der Waals surface area contributed by atoms with Crippen molar-refractivity contribution in [1.82, 2.24) is 20.0 Å². The molecule has 1 fully saturated rings. The van der Waals surface area contributed by atoms with Crippen molar-refractivity contribution in [2.45, 2.75) is 25.7 Å². The van der Waals surface area contributed by atoms with Gasteiger partial charge in [-0.1, -0.05) is 5.16 Å². The number of pyridine rings is 1. The molecule has 1 N–H and O–H groups in total. The SMILES string of the molecule is CC(=O)Nc1ccc(-c2noc([C@@H]3CCCN(C(=O)c4cncc(Br)c4)C3)n2)cc1. The molecule has 3 aromatic rings. The van der Waals surface area contributed by atoms with Crippen molar-refractivity contribution in [3.8, 4) is 11.4 Å². The Bertz CT molecular complexity index is 1070.